The molecule has 25 heavy (non-hydrogen) atoms. The summed E-state index contributed by atoms with van der Waals surface area (Å²) in [5.41, 5.74) is 2.14. The maximum absolute atomic E-state index is 10.4. The van der Waals surface area contributed by atoms with Gasteiger partial charge in [-0.25, -0.2) is 0 Å². The van der Waals surface area contributed by atoms with Gasteiger partial charge >= 0.3 is 0 Å². The van der Waals surface area contributed by atoms with Gasteiger partial charge in [0.1, 0.15) is 28.2 Å². The van der Waals surface area contributed by atoms with Gasteiger partial charge in [-0.1, -0.05) is 45.2 Å². The molecule has 0 aliphatic carbocycles. The number of hydrogen-bond acceptors (Lipinski definition) is 4. The lowest BCUT2D eigenvalue weighted by Crippen LogP contribution is -2.16. The molecule has 2 aromatic carbocycles. The van der Waals surface area contributed by atoms with Gasteiger partial charge in [-0.3, -0.25) is 0 Å². The fourth-order valence-electron chi connectivity index (χ4n) is 2.92. The Hall–Kier alpha value is -2.56. The van der Waals surface area contributed by atoms with Crippen LogP contribution in [0.25, 0.3) is 16.7 Å². The van der Waals surface area contributed by atoms with Crippen LogP contribution in [-0.2, 0) is 0 Å². The first kappa shape index (κ1) is 17.3. The number of phenolic OH excluding ortho intramolecular Hbond substituents is 1. The van der Waals surface area contributed by atoms with E-state index in [-0.39, 0.29) is 11.9 Å². The van der Waals surface area contributed by atoms with E-state index in [1.807, 2.05) is 30.3 Å². The van der Waals surface area contributed by atoms with Gasteiger partial charge in [0.15, 0.2) is 0 Å². The third-order valence-corrected chi connectivity index (χ3v) is 4.24. The molecule has 0 aliphatic rings. The largest absolute Gasteiger partial charge is 0.505 e. The number of aromatic nitrogens is 3. The summed E-state index contributed by atoms with van der Waals surface area (Å²) in [6.45, 7) is 4.35. The number of unbranched alkanes of at least 4 members (excludes halogenated alkanes) is 1. The molecule has 1 atom stereocenters. The average molecular weight is 339 g/mol. The minimum atomic E-state index is 0.114. The summed E-state index contributed by atoms with van der Waals surface area (Å²) < 4.78 is 6.08. The van der Waals surface area contributed by atoms with Gasteiger partial charge in [-0.05, 0) is 37.1 Å². The van der Waals surface area contributed by atoms with Crippen molar-refractivity contribution in [1.82, 2.24) is 15.0 Å². The SMILES string of the molecule is CCCCC(CCC)Oc1ccc(-n2nc3ccccc3n2)c(O)c1. The molecule has 0 amide bonds. The number of ether oxygens (including phenoxy) is 1. The van der Waals surface area contributed by atoms with E-state index in [9.17, 15) is 5.11 Å². The molecule has 0 spiro atoms. The summed E-state index contributed by atoms with van der Waals surface area (Å²) in [6, 6.07) is 13.0. The number of aromatic hydroxyl groups is 1. The van der Waals surface area contributed by atoms with Crippen LogP contribution in [0.1, 0.15) is 46.0 Å². The van der Waals surface area contributed by atoms with Crippen molar-refractivity contribution in [3.63, 3.8) is 0 Å². The van der Waals surface area contributed by atoms with Crippen LogP contribution < -0.4 is 4.74 Å². The quantitative estimate of drug-likeness (QED) is 0.636. The van der Waals surface area contributed by atoms with Gasteiger partial charge in [-0.15, -0.1) is 15.0 Å². The highest BCUT2D eigenvalue weighted by molar-refractivity contribution is 5.73. The fraction of sp³-hybridized carbons (Fsp3) is 0.400. The molecular weight excluding hydrogens is 314 g/mol. The predicted molar refractivity (Wildman–Crippen MR) is 99.4 cm³/mol. The Kier molecular flexibility index (Phi) is 5.53. The van der Waals surface area contributed by atoms with Gasteiger partial charge in [0.05, 0.1) is 6.10 Å². The minimum Gasteiger partial charge on any atom is -0.505 e. The van der Waals surface area contributed by atoms with Crippen LogP contribution in [0.3, 0.4) is 0 Å². The van der Waals surface area contributed by atoms with Crippen LogP contribution in [-0.4, -0.2) is 26.2 Å². The van der Waals surface area contributed by atoms with E-state index in [1.165, 1.54) is 4.80 Å². The van der Waals surface area contributed by atoms with Crippen molar-refractivity contribution in [2.75, 3.05) is 0 Å². The Balaban J connectivity index is 1.80. The lowest BCUT2D eigenvalue weighted by atomic mass is 10.1. The summed E-state index contributed by atoms with van der Waals surface area (Å²) >= 11 is 0. The van der Waals surface area contributed by atoms with Crippen molar-refractivity contribution in [1.29, 1.82) is 0 Å². The average Bonchev–Trinajstić information content (AvgIpc) is 3.03. The smallest absolute Gasteiger partial charge is 0.146 e. The summed E-state index contributed by atoms with van der Waals surface area (Å²) in [7, 11) is 0. The molecular formula is C20H25N3O2. The van der Waals surface area contributed by atoms with Crippen molar-refractivity contribution in [2.24, 2.45) is 0 Å². The van der Waals surface area contributed by atoms with Crippen molar-refractivity contribution in [3.05, 3.63) is 42.5 Å². The van der Waals surface area contributed by atoms with Gasteiger partial charge < -0.3 is 9.84 Å². The van der Waals surface area contributed by atoms with E-state index in [4.69, 9.17) is 4.74 Å². The van der Waals surface area contributed by atoms with E-state index in [0.717, 1.165) is 43.1 Å². The molecule has 5 heteroatoms. The van der Waals surface area contributed by atoms with Crippen molar-refractivity contribution in [3.8, 4) is 17.2 Å². The van der Waals surface area contributed by atoms with E-state index >= 15 is 0 Å². The number of fused-ring (bicyclic) bond motifs is 1. The van der Waals surface area contributed by atoms with Crippen LogP contribution in [0.2, 0.25) is 0 Å². The predicted octanol–water partition coefficient (Wildman–Crippen LogP) is 4.86. The third kappa shape index (κ3) is 4.10. The molecule has 0 bridgehead atoms. The van der Waals surface area contributed by atoms with Crippen LogP contribution in [0.15, 0.2) is 42.5 Å². The third-order valence-electron chi connectivity index (χ3n) is 4.24. The molecule has 0 radical (unpaired) electrons. The zero-order valence-corrected chi connectivity index (χ0v) is 14.9. The monoisotopic (exact) mass is 339 g/mol. The van der Waals surface area contributed by atoms with Crippen LogP contribution in [0.5, 0.6) is 11.5 Å². The molecule has 1 heterocycles. The Labute approximate surface area is 148 Å². The van der Waals surface area contributed by atoms with Gasteiger partial charge in [0.2, 0.25) is 0 Å². The van der Waals surface area contributed by atoms with Gasteiger partial charge in [0, 0.05) is 6.07 Å². The Bertz CT molecular complexity index is 796. The Morgan fingerprint density at radius 1 is 1.00 bits per heavy atom. The summed E-state index contributed by atoms with van der Waals surface area (Å²) in [5.74, 6) is 0.802. The van der Waals surface area contributed by atoms with E-state index in [2.05, 4.69) is 24.0 Å². The molecule has 5 nitrogen and oxygen atoms in total. The molecule has 0 fully saturated rings. The van der Waals surface area contributed by atoms with E-state index in [0.29, 0.717) is 11.4 Å². The Morgan fingerprint density at radius 2 is 1.72 bits per heavy atom. The number of rotatable bonds is 8. The van der Waals surface area contributed by atoms with Gasteiger partial charge in [-0.2, -0.15) is 0 Å². The normalized spacial score (nSPS) is 12.4. The summed E-state index contributed by atoms with van der Waals surface area (Å²) in [4.78, 5) is 1.46. The number of nitrogens with zero attached hydrogens (tertiary/aromatic N) is 3. The molecule has 3 rings (SSSR count). The molecule has 0 saturated carbocycles. The lowest BCUT2D eigenvalue weighted by Gasteiger charge is -2.19. The molecule has 3 aromatic rings. The highest BCUT2D eigenvalue weighted by Gasteiger charge is 2.13. The number of benzene rings is 2. The number of phenols is 1. The summed E-state index contributed by atoms with van der Waals surface area (Å²) in [5, 5.41) is 19.2. The minimum absolute atomic E-state index is 0.114. The highest BCUT2D eigenvalue weighted by atomic mass is 16.5. The van der Waals surface area contributed by atoms with Crippen molar-refractivity contribution >= 4 is 11.0 Å². The highest BCUT2D eigenvalue weighted by Crippen LogP contribution is 2.28. The van der Waals surface area contributed by atoms with Crippen molar-refractivity contribution in [2.45, 2.75) is 52.1 Å². The molecule has 132 valence electrons. The zero-order chi connectivity index (χ0) is 17.6. The molecule has 0 saturated heterocycles. The fourth-order valence-corrected chi connectivity index (χ4v) is 2.92. The molecule has 1 unspecified atom stereocenters. The topological polar surface area (TPSA) is 60.2 Å². The second-order valence-electron chi connectivity index (χ2n) is 6.30. The van der Waals surface area contributed by atoms with Crippen LogP contribution >= 0.6 is 0 Å². The second-order valence-corrected chi connectivity index (χ2v) is 6.30. The summed E-state index contributed by atoms with van der Waals surface area (Å²) in [6.07, 6.45) is 5.65. The Morgan fingerprint density at radius 3 is 2.32 bits per heavy atom. The second kappa shape index (κ2) is 8.01. The first-order valence-electron chi connectivity index (χ1n) is 9.03. The molecule has 1 aromatic heterocycles. The van der Waals surface area contributed by atoms with Crippen LogP contribution in [0, 0.1) is 0 Å². The lowest BCUT2D eigenvalue weighted by molar-refractivity contribution is 0.176. The maximum atomic E-state index is 10.4. The van der Waals surface area contributed by atoms with E-state index < -0.39 is 0 Å². The zero-order valence-electron chi connectivity index (χ0n) is 14.9. The van der Waals surface area contributed by atoms with Crippen molar-refractivity contribution < 1.29 is 9.84 Å². The molecule has 1 N–H and O–H groups in total. The van der Waals surface area contributed by atoms with E-state index in [1.54, 1.807) is 12.1 Å². The number of hydrogen-bond donors (Lipinski definition) is 1. The standard InChI is InChI=1S/C20H25N3O2/c1-3-5-9-15(8-4-2)25-16-12-13-19(20(24)14-16)23-21-17-10-6-7-11-18(17)22-23/h6-7,10-15,24H,3-5,8-9H2,1-2H3. The van der Waals surface area contributed by atoms with Gasteiger partial charge in [0.25, 0.3) is 0 Å². The first-order chi connectivity index (χ1) is 12.2. The molecule has 0 aliphatic heterocycles. The maximum Gasteiger partial charge on any atom is 0.146 e. The van der Waals surface area contributed by atoms with Crippen LogP contribution in [0.4, 0.5) is 0 Å². The first-order valence-corrected chi connectivity index (χ1v) is 9.03.